The zero-order valence-corrected chi connectivity index (χ0v) is 25.1. The van der Waals surface area contributed by atoms with Crippen LogP contribution < -0.4 is 15.4 Å². The molecule has 0 aliphatic rings. The first-order valence-corrected chi connectivity index (χ1v) is 14.8. The average molecular weight is 617 g/mol. The van der Waals surface area contributed by atoms with Gasteiger partial charge in [-0.25, -0.2) is 0 Å². The fourth-order valence-corrected chi connectivity index (χ4v) is 4.88. The van der Waals surface area contributed by atoms with Gasteiger partial charge in [-0.05, 0) is 72.8 Å². The zero-order valence-electron chi connectivity index (χ0n) is 25.1. The Bertz CT molecular complexity index is 1910. The Labute approximate surface area is 271 Å². The number of carbonyl (C=O) groups is 4. The van der Waals surface area contributed by atoms with Crippen LogP contribution in [-0.2, 0) is 0 Å². The average Bonchev–Trinajstić information content (AvgIpc) is 3.12. The van der Waals surface area contributed by atoms with Crippen molar-refractivity contribution in [3.8, 4) is 11.5 Å². The van der Waals surface area contributed by atoms with Gasteiger partial charge in [-0.2, -0.15) is 0 Å². The van der Waals surface area contributed by atoms with Crippen molar-refractivity contribution in [1.29, 1.82) is 0 Å². The highest BCUT2D eigenvalue weighted by Gasteiger charge is 2.13. The van der Waals surface area contributed by atoms with E-state index in [4.69, 9.17) is 4.74 Å². The number of ketones is 2. The predicted octanol–water partition coefficient (Wildman–Crippen LogP) is 8.45. The van der Waals surface area contributed by atoms with E-state index in [9.17, 15) is 19.2 Å². The van der Waals surface area contributed by atoms with Gasteiger partial charge < -0.3 is 15.4 Å². The minimum Gasteiger partial charge on any atom is -0.457 e. The molecule has 0 saturated heterocycles. The van der Waals surface area contributed by atoms with Gasteiger partial charge in [0.15, 0.2) is 11.6 Å². The molecule has 6 rings (SSSR count). The van der Waals surface area contributed by atoms with E-state index in [0.717, 1.165) is 0 Å². The molecule has 0 bridgehead atoms. The number of hydrogen-bond donors (Lipinski definition) is 2. The molecule has 6 aromatic rings. The van der Waals surface area contributed by atoms with E-state index in [2.05, 4.69) is 10.6 Å². The van der Waals surface area contributed by atoms with Gasteiger partial charge >= 0.3 is 0 Å². The maximum atomic E-state index is 12.9. The van der Waals surface area contributed by atoms with E-state index in [1.165, 1.54) is 0 Å². The van der Waals surface area contributed by atoms with Gasteiger partial charge in [0.05, 0.1) is 0 Å². The number of amides is 2. The van der Waals surface area contributed by atoms with Crippen molar-refractivity contribution in [3.63, 3.8) is 0 Å². The minimum atomic E-state index is -0.328. The zero-order chi connectivity index (χ0) is 32.6. The van der Waals surface area contributed by atoms with Crippen LogP contribution in [0.25, 0.3) is 0 Å². The van der Waals surface area contributed by atoms with Gasteiger partial charge in [-0.15, -0.1) is 0 Å². The molecule has 0 saturated carbocycles. The first kappa shape index (κ1) is 30.4. The summed E-state index contributed by atoms with van der Waals surface area (Å²) >= 11 is 0. The molecular weight excluding hydrogens is 588 g/mol. The molecule has 6 aromatic carbocycles. The summed E-state index contributed by atoms with van der Waals surface area (Å²) in [7, 11) is 0. The summed E-state index contributed by atoms with van der Waals surface area (Å²) in [4.78, 5) is 51.4. The van der Waals surface area contributed by atoms with Crippen molar-refractivity contribution in [2.45, 2.75) is 0 Å². The summed E-state index contributed by atoms with van der Waals surface area (Å²) < 4.78 is 5.91. The van der Waals surface area contributed by atoms with Crippen molar-refractivity contribution in [3.05, 3.63) is 191 Å². The van der Waals surface area contributed by atoms with Crippen LogP contribution in [0.2, 0.25) is 0 Å². The standard InChI is InChI=1S/C40H28N2O5/c43-37(27-9-3-1-4-10-27)31-13-7-15-33(25-31)41-39(45)29-17-21-35(22-18-29)47-36-23-19-30(20-24-36)40(46)42-34-16-8-14-32(26-34)38(44)28-11-5-2-6-12-28/h1-26H,(H,41,45)(H,42,46). The molecular formula is C40H28N2O5. The van der Waals surface area contributed by atoms with E-state index >= 15 is 0 Å². The van der Waals surface area contributed by atoms with E-state index < -0.39 is 0 Å². The maximum Gasteiger partial charge on any atom is 0.255 e. The number of hydrogen-bond acceptors (Lipinski definition) is 5. The van der Waals surface area contributed by atoms with Gasteiger partial charge in [0.1, 0.15) is 11.5 Å². The van der Waals surface area contributed by atoms with Crippen LogP contribution in [0.5, 0.6) is 11.5 Å². The third-order valence-electron chi connectivity index (χ3n) is 7.31. The molecule has 2 amide bonds. The molecule has 0 aromatic heterocycles. The highest BCUT2D eigenvalue weighted by atomic mass is 16.5. The van der Waals surface area contributed by atoms with E-state index in [0.29, 0.717) is 56.3 Å². The quantitative estimate of drug-likeness (QED) is 0.150. The number of anilines is 2. The van der Waals surface area contributed by atoms with Crippen molar-refractivity contribution in [2.75, 3.05) is 10.6 Å². The summed E-state index contributed by atoms with van der Waals surface area (Å²) in [5.41, 5.74) is 3.95. The lowest BCUT2D eigenvalue weighted by Gasteiger charge is -2.10. The van der Waals surface area contributed by atoms with Gasteiger partial charge in [0.2, 0.25) is 0 Å². The van der Waals surface area contributed by atoms with Crippen molar-refractivity contribution < 1.29 is 23.9 Å². The maximum absolute atomic E-state index is 12.9. The van der Waals surface area contributed by atoms with E-state index in [1.807, 2.05) is 12.1 Å². The number of carbonyl (C=O) groups excluding carboxylic acids is 4. The Balaban J connectivity index is 1.04. The van der Waals surface area contributed by atoms with Crippen molar-refractivity contribution in [1.82, 2.24) is 0 Å². The number of rotatable bonds is 10. The summed E-state index contributed by atoms with van der Waals surface area (Å²) in [6.07, 6.45) is 0. The summed E-state index contributed by atoms with van der Waals surface area (Å²) in [6.45, 7) is 0. The molecule has 47 heavy (non-hydrogen) atoms. The Kier molecular flexibility index (Phi) is 9.07. The highest BCUT2D eigenvalue weighted by Crippen LogP contribution is 2.24. The Morgan fingerprint density at radius 3 is 1.11 bits per heavy atom. The Hall–Kier alpha value is -6.60. The number of benzene rings is 6. The molecule has 0 aliphatic carbocycles. The molecule has 2 N–H and O–H groups in total. The van der Waals surface area contributed by atoms with Crippen LogP contribution in [0.15, 0.2) is 158 Å². The van der Waals surface area contributed by atoms with Gasteiger partial charge in [0.25, 0.3) is 11.8 Å². The lowest BCUT2D eigenvalue weighted by molar-refractivity contribution is 0.101. The van der Waals surface area contributed by atoms with Crippen LogP contribution in [0.3, 0.4) is 0 Å². The SMILES string of the molecule is O=C(Nc1cccc(C(=O)c2ccccc2)c1)c1ccc(Oc2ccc(C(=O)Nc3cccc(C(=O)c4ccccc4)c3)cc2)cc1. The smallest absolute Gasteiger partial charge is 0.255 e. The molecule has 7 heteroatoms. The normalized spacial score (nSPS) is 10.5. The van der Waals surface area contributed by atoms with Crippen LogP contribution in [0.4, 0.5) is 11.4 Å². The second-order valence-corrected chi connectivity index (χ2v) is 10.6. The molecule has 7 nitrogen and oxygen atoms in total. The molecule has 0 fully saturated rings. The molecule has 0 aliphatic heterocycles. The molecule has 0 heterocycles. The van der Waals surface area contributed by atoms with Gasteiger partial charge in [-0.1, -0.05) is 84.9 Å². The highest BCUT2D eigenvalue weighted by molar-refractivity contribution is 6.11. The predicted molar refractivity (Wildman–Crippen MR) is 181 cm³/mol. The Morgan fingerprint density at radius 1 is 0.362 bits per heavy atom. The molecule has 0 radical (unpaired) electrons. The molecule has 0 spiro atoms. The molecule has 0 unspecified atom stereocenters. The summed E-state index contributed by atoms with van der Waals surface area (Å²) in [6, 6.07) is 44.8. The van der Waals surface area contributed by atoms with Gasteiger partial charge in [-0.3, -0.25) is 19.2 Å². The van der Waals surface area contributed by atoms with Gasteiger partial charge in [0, 0.05) is 44.8 Å². The third kappa shape index (κ3) is 7.56. The lowest BCUT2D eigenvalue weighted by Crippen LogP contribution is -2.12. The van der Waals surface area contributed by atoms with Crippen LogP contribution >= 0.6 is 0 Å². The fraction of sp³-hybridized carbons (Fsp3) is 0. The third-order valence-corrected chi connectivity index (χ3v) is 7.31. The second-order valence-electron chi connectivity index (χ2n) is 10.6. The van der Waals surface area contributed by atoms with Crippen LogP contribution in [0.1, 0.15) is 52.6 Å². The topological polar surface area (TPSA) is 102 Å². The first-order chi connectivity index (χ1) is 22.9. The molecule has 228 valence electrons. The first-order valence-electron chi connectivity index (χ1n) is 14.8. The minimum absolute atomic E-state index is 0.126. The van der Waals surface area contributed by atoms with Crippen LogP contribution in [0, 0.1) is 0 Å². The fourth-order valence-electron chi connectivity index (χ4n) is 4.88. The summed E-state index contributed by atoms with van der Waals surface area (Å²) in [5.74, 6) is 0.110. The van der Waals surface area contributed by atoms with E-state index in [-0.39, 0.29) is 23.4 Å². The number of nitrogens with one attached hydrogen (secondary N) is 2. The van der Waals surface area contributed by atoms with Crippen LogP contribution in [-0.4, -0.2) is 23.4 Å². The monoisotopic (exact) mass is 616 g/mol. The Morgan fingerprint density at radius 2 is 0.723 bits per heavy atom. The second kappa shape index (κ2) is 14.0. The van der Waals surface area contributed by atoms with Crippen molar-refractivity contribution >= 4 is 34.8 Å². The van der Waals surface area contributed by atoms with E-state index in [1.54, 1.807) is 146 Å². The van der Waals surface area contributed by atoms with Crippen molar-refractivity contribution in [2.24, 2.45) is 0 Å². The lowest BCUT2D eigenvalue weighted by atomic mass is 10.0. The molecule has 0 atom stereocenters. The largest absolute Gasteiger partial charge is 0.457 e. The number of ether oxygens (including phenoxy) is 1. The summed E-state index contributed by atoms with van der Waals surface area (Å²) in [5, 5.41) is 5.68.